The number of hydrogen-bond acceptors (Lipinski definition) is 4. The zero-order valence-electron chi connectivity index (χ0n) is 17.7. The topological polar surface area (TPSA) is 81.4 Å². The van der Waals surface area contributed by atoms with Crippen LogP contribution < -0.4 is 4.74 Å². The largest absolute Gasteiger partial charge is 0.478 e. The second-order valence-corrected chi connectivity index (χ2v) is 7.43. The van der Waals surface area contributed by atoms with Gasteiger partial charge in [-0.3, -0.25) is 9.48 Å². The Hall–Kier alpha value is -4.45. The predicted molar refractivity (Wildman–Crippen MR) is 125 cm³/mol. The molecule has 0 saturated heterocycles. The average molecular weight is 438 g/mol. The maximum atomic E-state index is 12.6. The van der Waals surface area contributed by atoms with E-state index in [0.29, 0.717) is 23.4 Å². The van der Waals surface area contributed by atoms with Crippen molar-refractivity contribution in [1.82, 2.24) is 9.78 Å². The summed E-state index contributed by atoms with van der Waals surface area (Å²) < 4.78 is 7.45. The quantitative estimate of drug-likeness (QED) is 0.293. The van der Waals surface area contributed by atoms with Crippen molar-refractivity contribution < 1.29 is 19.4 Å². The molecule has 0 amide bonds. The molecule has 1 aromatic heterocycles. The number of benzene rings is 3. The summed E-state index contributed by atoms with van der Waals surface area (Å²) in [6.07, 6.45) is 5.28. The third kappa shape index (κ3) is 5.83. The first-order valence-electron chi connectivity index (χ1n) is 10.4. The van der Waals surface area contributed by atoms with Gasteiger partial charge in [0.25, 0.3) is 0 Å². The number of nitrogens with zero attached hydrogens (tertiary/aromatic N) is 2. The highest BCUT2D eigenvalue weighted by Crippen LogP contribution is 2.23. The van der Waals surface area contributed by atoms with Crippen LogP contribution in [0, 0.1) is 0 Å². The zero-order chi connectivity index (χ0) is 23.0. The van der Waals surface area contributed by atoms with Gasteiger partial charge >= 0.3 is 5.97 Å². The Morgan fingerprint density at radius 1 is 0.970 bits per heavy atom. The maximum Gasteiger partial charge on any atom is 0.349 e. The molecule has 0 saturated carbocycles. The summed E-state index contributed by atoms with van der Waals surface area (Å²) in [5.74, 6) is -0.852. The lowest BCUT2D eigenvalue weighted by molar-refractivity contribution is -0.145. The third-order valence-electron chi connectivity index (χ3n) is 4.97. The van der Waals surface area contributed by atoms with E-state index in [0.717, 1.165) is 11.1 Å². The van der Waals surface area contributed by atoms with Crippen molar-refractivity contribution in [2.75, 3.05) is 0 Å². The Kier molecular flexibility index (Phi) is 6.75. The number of ether oxygens (including phenoxy) is 1. The van der Waals surface area contributed by atoms with Crippen molar-refractivity contribution in [3.63, 3.8) is 0 Å². The molecule has 0 bridgehead atoms. The standard InChI is InChI=1S/C27H22N2O4/c30-25(23-17-28-29(19-23)18-21-8-3-1-4-9-21)15-14-20-10-7-13-24(16-20)33-26(27(31)32)22-11-5-2-6-12-22/h1-17,19,26H,18H2,(H,31,32)/b15-14+. The minimum Gasteiger partial charge on any atom is -0.478 e. The molecule has 1 heterocycles. The second-order valence-electron chi connectivity index (χ2n) is 7.43. The fourth-order valence-corrected chi connectivity index (χ4v) is 3.33. The van der Waals surface area contributed by atoms with Crippen LogP contribution in [0.3, 0.4) is 0 Å². The van der Waals surface area contributed by atoms with Crippen LogP contribution in [-0.4, -0.2) is 26.6 Å². The van der Waals surface area contributed by atoms with Crippen LogP contribution in [0.5, 0.6) is 5.75 Å². The van der Waals surface area contributed by atoms with Crippen molar-refractivity contribution in [2.24, 2.45) is 0 Å². The SMILES string of the molecule is O=C(/C=C/c1cccc(OC(C(=O)O)c2ccccc2)c1)c1cnn(Cc2ccccc2)c1. The smallest absolute Gasteiger partial charge is 0.349 e. The normalized spacial score (nSPS) is 11.9. The first-order chi connectivity index (χ1) is 16.1. The van der Waals surface area contributed by atoms with Crippen LogP contribution in [0.2, 0.25) is 0 Å². The number of ketones is 1. The van der Waals surface area contributed by atoms with Crippen LogP contribution in [0.4, 0.5) is 0 Å². The molecule has 6 nitrogen and oxygen atoms in total. The molecule has 4 rings (SSSR count). The third-order valence-corrected chi connectivity index (χ3v) is 4.97. The second kappa shape index (κ2) is 10.2. The molecule has 0 spiro atoms. The molecule has 3 aromatic carbocycles. The Labute approximate surface area is 191 Å². The molecule has 1 N–H and O–H groups in total. The van der Waals surface area contributed by atoms with E-state index < -0.39 is 12.1 Å². The lowest BCUT2D eigenvalue weighted by Crippen LogP contribution is -2.18. The van der Waals surface area contributed by atoms with Crippen molar-refractivity contribution in [2.45, 2.75) is 12.6 Å². The summed E-state index contributed by atoms with van der Waals surface area (Å²) in [5.41, 5.74) is 2.86. The van der Waals surface area contributed by atoms with Crippen LogP contribution in [0.25, 0.3) is 6.08 Å². The summed E-state index contributed by atoms with van der Waals surface area (Å²) in [6, 6.07) is 25.6. The zero-order valence-corrected chi connectivity index (χ0v) is 17.7. The predicted octanol–water partition coefficient (Wildman–Crippen LogP) is 5.03. The van der Waals surface area contributed by atoms with Gasteiger partial charge in [0.15, 0.2) is 5.78 Å². The fourth-order valence-electron chi connectivity index (χ4n) is 3.33. The number of rotatable bonds is 9. The van der Waals surface area contributed by atoms with Crippen molar-refractivity contribution in [3.8, 4) is 5.75 Å². The van der Waals surface area contributed by atoms with Gasteiger partial charge in [-0.2, -0.15) is 5.10 Å². The van der Waals surface area contributed by atoms with Gasteiger partial charge in [-0.05, 0) is 29.3 Å². The number of allylic oxidation sites excluding steroid dienone is 1. The van der Waals surface area contributed by atoms with Gasteiger partial charge in [-0.25, -0.2) is 4.79 Å². The maximum absolute atomic E-state index is 12.6. The monoisotopic (exact) mass is 438 g/mol. The number of aliphatic carboxylic acids is 1. The van der Waals surface area contributed by atoms with Crippen molar-refractivity contribution in [1.29, 1.82) is 0 Å². The van der Waals surface area contributed by atoms with Gasteiger partial charge in [0.2, 0.25) is 6.10 Å². The van der Waals surface area contributed by atoms with Crippen molar-refractivity contribution >= 4 is 17.8 Å². The molecule has 6 heteroatoms. The van der Waals surface area contributed by atoms with Gasteiger partial charge in [0, 0.05) is 11.8 Å². The molecule has 0 fully saturated rings. The number of aromatic nitrogens is 2. The van der Waals surface area contributed by atoms with Gasteiger partial charge in [-0.1, -0.05) is 78.9 Å². The lowest BCUT2D eigenvalue weighted by atomic mass is 10.1. The highest BCUT2D eigenvalue weighted by atomic mass is 16.5. The Bertz CT molecular complexity index is 1260. The van der Waals surface area contributed by atoms with Gasteiger partial charge in [0.1, 0.15) is 5.75 Å². The number of carboxylic acids is 1. The molecular formula is C27H22N2O4. The van der Waals surface area contributed by atoms with E-state index in [9.17, 15) is 14.7 Å². The van der Waals surface area contributed by atoms with Crippen LogP contribution in [0.15, 0.2) is 103 Å². The summed E-state index contributed by atoms with van der Waals surface area (Å²) in [4.78, 5) is 24.3. The first-order valence-corrected chi connectivity index (χ1v) is 10.4. The molecule has 1 atom stereocenters. The van der Waals surface area contributed by atoms with E-state index in [4.69, 9.17) is 4.74 Å². The van der Waals surface area contributed by atoms with E-state index in [1.54, 1.807) is 65.6 Å². The average Bonchev–Trinajstić information content (AvgIpc) is 3.31. The first kappa shape index (κ1) is 21.8. The number of hydrogen-bond donors (Lipinski definition) is 1. The summed E-state index contributed by atoms with van der Waals surface area (Å²) in [7, 11) is 0. The van der Waals surface area contributed by atoms with E-state index in [1.807, 2.05) is 42.5 Å². The molecule has 164 valence electrons. The van der Waals surface area contributed by atoms with Crippen LogP contribution >= 0.6 is 0 Å². The molecule has 1 unspecified atom stereocenters. The Morgan fingerprint density at radius 2 is 1.70 bits per heavy atom. The van der Waals surface area contributed by atoms with E-state index in [1.165, 1.54) is 6.08 Å². The van der Waals surface area contributed by atoms with Gasteiger partial charge in [-0.15, -0.1) is 0 Å². The molecule has 0 aliphatic heterocycles. The van der Waals surface area contributed by atoms with Crippen molar-refractivity contribution in [3.05, 3.63) is 126 Å². The lowest BCUT2D eigenvalue weighted by Gasteiger charge is -2.15. The minimum atomic E-state index is -1.12. The fraction of sp³-hybridized carbons (Fsp3) is 0.0741. The molecule has 0 aliphatic rings. The minimum absolute atomic E-state index is 0.173. The number of carbonyl (C=O) groups excluding carboxylic acids is 1. The number of carboxylic acid groups (broad SMARTS) is 1. The summed E-state index contributed by atoms with van der Waals surface area (Å²) >= 11 is 0. The Morgan fingerprint density at radius 3 is 2.42 bits per heavy atom. The van der Waals surface area contributed by atoms with Gasteiger partial charge in [0.05, 0.1) is 18.3 Å². The number of carbonyl (C=O) groups is 2. The molecule has 4 aromatic rings. The van der Waals surface area contributed by atoms with Crippen LogP contribution in [-0.2, 0) is 11.3 Å². The summed E-state index contributed by atoms with van der Waals surface area (Å²) in [6.45, 7) is 0.587. The summed E-state index contributed by atoms with van der Waals surface area (Å²) in [5, 5.41) is 13.8. The van der Waals surface area contributed by atoms with Crippen LogP contribution in [0.1, 0.15) is 33.2 Å². The van der Waals surface area contributed by atoms with E-state index in [2.05, 4.69) is 5.10 Å². The highest BCUT2D eigenvalue weighted by molar-refractivity contribution is 6.06. The van der Waals surface area contributed by atoms with Gasteiger partial charge < -0.3 is 9.84 Å². The molecule has 0 aliphatic carbocycles. The molecule has 0 radical (unpaired) electrons. The Balaban J connectivity index is 1.43. The molecule has 33 heavy (non-hydrogen) atoms. The highest BCUT2D eigenvalue weighted by Gasteiger charge is 2.21. The van der Waals surface area contributed by atoms with E-state index >= 15 is 0 Å². The van der Waals surface area contributed by atoms with E-state index in [-0.39, 0.29) is 5.78 Å². The molecular weight excluding hydrogens is 416 g/mol.